The number of aryl methyl sites for hydroxylation is 2. The van der Waals surface area contributed by atoms with Crippen LogP contribution in [0.1, 0.15) is 300 Å². The summed E-state index contributed by atoms with van der Waals surface area (Å²) in [5, 5.41) is 18.2. The molecule has 0 bridgehead atoms. The summed E-state index contributed by atoms with van der Waals surface area (Å²) in [6, 6.07) is 76.9. The molecule has 0 unspecified atom stereocenters. The van der Waals surface area contributed by atoms with Gasteiger partial charge in [0.2, 0.25) is 5.91 Å². The molecule has 14 nitrogen and oxygen atoms in total. The number of aromatic nitrogens is 8. The number of hydrogen-bond donors (Lipinski definition) is 5. The molecule has 14 heteroatoms. The number of nitriles is 1. The summed E-state index contributed by atoms with van der Waals surface area (Å²) in [4.78, 5) is 51.9. The number of benzene rings is 9. The van der Waals surface area contributed by atoms with E-state index >= 15 is 0 Å². The van der Waals surface area contributed by atoms with Crippen LogP contribution in [0.4, 0.5) is 0 Å². The van der Waals surface area contributed by atoms with E-state index in [4.69, 9.17) is 14.7 Å². The second-order valence-electron chi connectivity index (χ2n) is 44.3. The van der Waals surface area contributed by atoms with Gasteiger partial charge < -0.3 is 43.5 Å². The Bertz CT molecular complexity index is 6860. The van der Waals surface area contributed by atoms with Gasteiger partial charge >= 0.3 is 11.9 Å². The highest BCUT2D eigenvalue weighted by Crippen LogP contribution is 2.37. The first-order valence-electron chi connectivity index (χ1n) is 46.6. The average molecular weight is 1770 g/mol. The highest BCUT2D eigenvalue weighted by molar-refractivity contribution is 6.06. The van der Waals surface area contributed by atoms with Gasteiger partial charge in [0.15, 0.2) is 0 Å². The lowest BCUT2D eigenvalue weighted by atomic mass is 9.83. The smallest absolute Gasteiger partial charge is 0.340 e. The summed E-state index contributed by atoms with van der Waals surface area (Å²) in [5.41, 5.74) is 26.2. The van der Waals surface area contributed by atoms with Crippen LogP contribution in [0.2, 0.25) is 0 Å². The number of fused-ring (bicyclic) bond motifs is 8. The van der Waals surface area contributed by atoms with Crippen LogP contribution in [0.25, 0.3) is 87.2 Å². The van der Waals surface area contributed by atoms with E-state index in [0.29, 0.717) is 30.0 Å². The molecule has 0 saturated heterocycles. The van der Waals surface area contributed by atoms with Crippen molar-refractivity contribution in [1.29, 1.82) is 5.26 Å². The molecule has 8 aromatic heterocycles. The molecule has 0 aliphatic rings. The Morgan fingerprint density at radius 3 is 1.30 bits per heavy atom. The van der Waals surface area contributed by atoms with Crippen LogP contribution in [-0.2, 0) is 71.8 Å². The summed E-state index contributed by atoms with van der Waals surface area (Å²) in [7, 11) is 2.09. The minimum atomic E-state index is -0.256. The Balaban J connectivity index is 0.000000157. The van der Waals surface area contributed by atoms with Gasteiger partial charge in [0, 0.05) is 123 Å². The number of esters is 2. The van der Waals surface area contributed by atoms with Crippen molar-refractivity contribution in [3.8, 4) is 6.07 Å². The zero-order valence-electron chi connectivity index (χ0n) is 85.0. The first-order valence-corrected chi connectivity index (χ1v) is 46.6. The second-order valence-corrected chi connectivity index (χ2v) is 44.3. The number of H-pyrrole nitrogens is 5. The maximum atomic E-state index is 12.2. The second kappa shape index (κ2) is 40.6. The topological polar surface area (TPSA) is 187 Å². The molecular weight excluding hydrogens is 1620 g/mol. The lowest BCUT2D eigenvalue weighted by Gasteiger charge is -2.22. The molecule has 17 aromatic rings. The van der Waals surface area contributed by atoms with E-state index in [2.05, 4.69) is 423 Å². The third kappa shape index (κ3) is 26.0. The van der Waals surface area contributed by atoms with E-state index in [1.54, 1.807) is 11.5 Å². The molecule has 0 aliphatic carbocycles. The van der Waals surface area contributed by atoms with Gasteiger partial charge in [-0.3, -0.25) is 9.36 Å². The summed E-state index contributed by atoms with van der Waals surface area (Å²) < 4.78 is 16.5. The highest BCUT2D eigenvalue weighted by atomic mass is 16.5. The summed E-state index contributed by atoms with van der Waals surface area (Å²) in [5.74, 6) is -0.454. The quantitative estimate of drug-likeness (QED) is 0.103. The van der Waals surface area contributed by atoms with E-state index < -0.39 is 0 Å². The molecule has 0 atom stereocenters. The van der Waals surface area contributed by atoms with E-state index in [1.807, 2.05) is 74.9 Å². The van der Waals surface area contributed by atoms with Crippen LogP contribution in [0, 0.1) is 18.3 Å². The zero-order chi connectivity index (χ0) is 97.3. The van der Waals surface area contributed by atoms with Gasteiger partial charge in [-0.05, 0) is 233 Å². The summed E-state index contributed by atoms with van der Waals surface area (Å²) in [6.45, 7) is 68.5. The molecule has 0 saturated carbocycles. The Morgan fingerprint density at radius 1 is 0.371 bits per heavy atom. The van der Waals surface area contributed by atoms with Gasteiger partial charge in [-0.2, -0.15) is 5.26 Å². The third-order valence-corrected chi connectivity index (χ3v) is 24.1. The number of nitrogens with zero attached hydrogens (tertiary/aromatic N) is 4. The molecule has 0 fully saturated rings. The zero-order valence-corrected chi connectivity index (χ0v) is 85.0. The first kappa shape index (κ1) is 102. The van der Waals surface area contributed by atoms with Gasteiger partial charge in [0.25, 0.3) is 0 Å². The van der Waals surface area contributed by atoms with Crippen LogP contribution in [0.15, 0.2) is 243 Å². The van der Waals surface area contributed by atoms with Gasteiger partial charge in [0.1, 0.15) is 11.8 Å². The number of carbonyl (C=O) groups excluding carboxylic acids is 3. The largest absolute Gasteiger partial charge is 0.462 e. The SMILES string of the molecule is CC(=O)n1ccc2ccc(C(C)(C)C)cc21.CC(C)(C)c1ccc2cc(C#N)[nH]c2c1.CC(C)(C)c1ccc2cc(C(C)(C)C)[nH]c2c1.CC(C)(C)c1ccc2ccn(Cc3ccccc3)c2c1.CCOC(=O)c1c(C(C)(C)C)ccc2cc[nH]c12.CCOC(=O)c1cc(C(C)(C)C)cc2[nH]ccc12.Cc1cc2ccc(C(C)(C)C)cc2[nH]1.Cn1ccc2ccc(C(C)(C)C)cc21. The Hall–Kier alpha value is -12.6. The maximum Gasteiger partial charge on any atom is 0.340 e. The number of carbonyl (C=O) groups is 3. The molecule has 9 aromatic carbocycles. The minimum absolute atomic E-state index is 0.000540. The highest BCUT2D eigenvalue weighted by Gasteiger charge is 2.28. The van der Waals surface area contributed by atoms with Gasteiger partial charge in [-0.25, -0.2) is 9.59 Å². The molecule has 132 heavy (non-hydrogen) atoms. The van der Waals surface area contributed by atoms with Crippen molar-refractivity contribution in [1.82, 2.24) is 38.6 Å². The van der Waals surface area contributed by atoms with Crippen LogP contribution >= 0.6 is 0 Å². The van der Waals surface area contributed by atoms with Gasteiger partial charge in [0.05, 0.1) is 35.4 Å². The van der Waals surface area contributed by atoms with Crippen LogP contribution in [0.3, 0.4) is 0 Å². The van der Waals surface area contributed by atoms with Crippen molar-refractivity contribution in [3.05, 3.63) is 322 Å². The fraction of sp³-hybridized carbons (Fsp3) is 0.373. The van der Waals surface area contributed by atoms with Crippen molar-refractivity contribution in [2.75, 3.05) is 13.2 Å². The Morgan fingerprint density at radius 2 is 0.795 bits per heavy atom. The number of ether oxygens (including phenoxy) is 2. The number of rotatable bonds is 6. The van der Waals surface area contributed by atoms with E-state index in [9.17, 15) is 14.4 Å². The fourth-order valence-corrected chi connectivity index (χ4v) is 15.7. The monoisotopic (exact) mass is 1770 g/mol. The number of hydrogen-bond acceptors (Lipinski definition) is 6. The van der Waals surface area contributed by atoms with Crippen molar-refractivity contribution in [2.24, 2.45) is 7.05 Å². The van der Waals surface area contributed by atoms with E-state index in [1.165, 1.54) is 93.9 Å². The van der Waals surface area contributed by atoms with Crippen molar-refractivity contribution < 1.29 is 23.9 Å². The van der Waals surface area contributed by atoms with Crippen molar-refractivity contribution >= 4 is 105 Å². The Kier molecular flexibility index (Phi) is 31.3. The first-order chi connectivity index (χ1) is 61.4. The molecule has 17 rings (SSSR count). The van der Waals surface area contributed by atoms with Crippen LogP contribution < -0.4 is 0 Å². The van der Waals surface area contributed by atoms with Crippen LogP contribution in [0.5, 0.6) is 0 Å². The number of nitrogens with one attached hydrogen (secondary N) is 5. The van der Waals surface area contributed by atoms with E-state index in [0.717, 1.165) is 61.3 Å². The molecule has 8 heterocycles. The number of aromatic amines is 5. The lowest BCUT2D eigenvalue weighted by Crippen LogP contribution is -2.18. The summed E-state index contributed by atoms with van der Waals surface area (Å²) >= 11 is 0. The van der Waals surface area contributed by atoms with Gasteiger partial charge in [-0.15, -0.1) is 0 Å². The predicted molar refractivity (Wildman–Crippen MR) is 560 cm³/mol. The molecule has 0 aliphatic heterocycles. The predicted octanol–water partition coefficient (Wildman–Crippen LogP) is 31.2. The molecular formula is C118H147N9O5. The molecule has 0 spiro atoms. The van der Waals surface area contributed by atoms with Crippen molar-refractivity contribution in [3.63, 3.8) is 0 Å². The molecule has 5 N–H and O–H groups in total. The van der Waals surface area contributed by atoms with Crippen molar-refractivity contribution in [2.45, 2.75) is 270 Å². The molecule has 0 radical (unpaired) electrons. The standard InChI is InChI=1S/C19H21N.C16H23N.2C15H19NO2.C14H17NO.C13H14N2.2C13H17N/c1-19(2,3)17-10-9-16-11-12-20(18(16)13-17)14-15-7-5-4-6-8-15;1-15(2,3)12-8-7-11-9-14(16(4,5)6)17-13(11)10-12;1-5-18-14(17)12-8-10(15(2,3)4)9-13-11(12)6-7-16-13;1-5-18-14(17)12-11(15(2,3)4)7-6-10-8-9-16-13(10)12;1-10(16)15-8-7-11-5-6-12(9-13(11)15)14(2,3)4;1-13(2,3)10-5-4-9-6-11(8-14)15-12(9)7-10;1-9-7-10-5-6-11(13(2,3)4)8-12(10)14-9;1-13(2,3)11-6-5-10-7-8-14(4)12(10)9-11/h4-13H,14H2,1-3H3;7-10,17H,1-6H3;2*6-9,16H,5H2,1-4H3;5-9H,1-4H3;4-7,15H,1-3H3;5-8,14H,1-4H3;5-9H,1-4H3. The third-order valence-electron chi connectivity index (χ3n) is 24.1. The normalized spacial score (nSPS) is 12.1. The molecule has 694 valence electrons. The molecule has 0 amide bonds. The lowest BCUT2D eigenvalue weighted by molar-refractivity contribution is 0.0517. The minimum Gasteiger partial charge on any atom is -0.462 e. The Labute approximate surface area is 785 Å². The maximum absolute atomic E-state index is 12.2. The van der Waals surface area contributed by atoms with Gasteiger partial charge in [-0.1, -0.05) is 302 Å². The summed E-state index contributed by atoms with van der Waals surface area (Å²) in [6.07, 6.45) is 9.82. The average Bonchev–Trinajstić information content (AvgIpc) is 1.54. The fourth-order valence-electron chi connectivity index (χ4n) is 15.7. The van der Waals surface area contributed by atoms with Crippen LogP contribution in [-0.4, -0.2) is 69.7 Å². The van der Waals surface area contributed by atoms with E-state index in [-0.39, 0.29) is 66.6 Å².